The molecule has 0 bridgehead atoms. The summed E-state index contributed by atoms with van der Waals surface area (Å²) in [5.41, 5.74) is 6.11. The second-order valence-corrected chi connectivity index (χ2v) is 7.13. The van der Waals surface area contributed by atoms with Gasteiger partial charge in [0.05, 0.1) is 0 Å². The van der Waals surface area contributed by atoms with Crippen LogP contribution in [0.1, 0.15) is 46.5 Å². The molecule has 0 aromatic rings. The Hall–Kier alpha value is -0.570. The topological polar surface area (TPSA) is 46.3 Å². The van der Waals surface area contributed by atoms with Crippen LogP contribution in [0.4, 0.5) is 0 Å². The maximum atomic E-state index is 12.2. The number of carbonyl (C=O) groups excluding carboxylic acids is 1. The van der Waals surface area contributed by atoms with Gasteiger partial charge < -0.3 is 10.6 Å². The molecule has 3 heteroatoms. The number of nitrogens with zero attached hydrogens (tertiary/aromatic N) is 1. The first-order valence-corrected chi connectivity index (χ1v) is 6.88. The summed E-state index contributed by atoms with van der Waals surface area (Å²) in [5.74, 6) is 1.72. The summed E-state index contributed by atoms with van der Waals surface area (Å²) in [6, 6.07) is 0.369. The monoisotopic (exact) mass is 238 g/mol. The number of hydrogen-bond donors (Lipinski definition) is 1. The minimum atomic E-state index is 0.0985. The zero-order valence-corrected chi connectivity index (χ0v) is 11.4. The second kappa shape index (κ2) is 4.60. The van der Waals surface area contributed by atoms with E-state index in [9.17, 15) is 4.79 Å². The third-order valence-electron chi connectivity index (χ3n) is 4.12. The molecule has 1 saturated carbocycles. The Balaban J connectivity index is 1.91. The van der Waals surface area contributed by atoms with Crippen LogP contribution >= 0.6 is 0 Å². The van der Waals surface area contributed by atoms with Crippen LogP contribution in [0.2, 0.25) is 0 Å². The van der Waals surface area contributed by atoms with Gasteiger partial charge in [0.15, 0.2) is 0 Å². The number of carbonyl (C=O) groups is 1. The van der Waals surface area contributed by atoms with E-state index in [0.717, 1.165) is 31.8 Å². The predicted molar refractivity (Wildman–Crippen MR) is 69.5 cm³/mol. The largest absolute Gasteiger partial charge is 0.342 e. The molecule has 1 saturated heterocycles. The number of likely N-dealkylation sites (tertiary alicyclic amines) is 1. The Bertz CT molecular complexity index is 295. The van der Waals surface area contributed by atoms with Crippen molar-refractivity contribution in [3.8, 4) is 0 Å². The van der Waals surface area contributed by atoms with Gasteiger partial charge in [-0.25, -0.2) is 0 Å². The van der Waals surface area contributed by atoms with Crippen molar-refractivity contribution in [2.24, 2.45) is 23.0 Å². The molecule has 2 rings (SSSR count). The van der Waals surface area contributed by atoms with Crippen LogP contribution in [0.5, 0.6) is 0 Å². The highest BCUT2D eigenvalue weighted by molar-refractivity contribution is 5.77. The molecule has 2 aliphatic rings. The molecule has 1 amide bonds. The molecule has 2 N–H and O–H groups in total. The molecule has 1 unspecified atom stereocenters. The smallest absolute Gasteiger partial charge is 0.223 e. The number of amides is 1. The molecule has 3 atom stereocenters. The van der Waals surface area contributed by atoms with Gasteiger partial charge in [0.1, 0.15) is 0 Å². The van der Waals surface area contributed by atoms with Crippen molar-refractivity contribution in [1.29, 1.82) is 0 Å². The van der Waals surface area contributed by atoms with Gasteiger partial charge in [-0.15, -0.1) is 0 Å². The lowest BCUT2D eigenvalue weighted by Crippen LogP contribution is -2.33. The molecule has 1 heterocycles. The van der Waals surface area contributed by atoms with E-state index in [-0.39, 0.29) is 5.41 Å². The molecule has 0 radical (unpaired) electrons. The molecule has 17 heavy (non-hydrogen) atoms. The molecule has 0 aromatic carbocycles. The number of rotatable bonds is 1. The lowest BCUT2D eigenvalue weighted by molar-refractivity contribution is -0.132. The summed E-state index contributed by atoms with van der Waals surface area (Å²) < 4.78 is 0. The van der Waals surface area contributed by atoms with Gasteiger partial charge in [-0.1, -0.05) is 20.8 Å². The highest BCUT2D eigenvalue weighted by Gasteiger charge is 2.38. The third-order valence-corrected chi connectivity index (χ3v) is 4.12. The van der Waals surface area contributed by atoms with E-state index in [1.54, 1.807) is 0 Å². The first-order valence-electron chi connectivity index (χ1n) is 6.88. The zero-order valence-electron chi connectivity index (χ0n) is 11.4. The first-order chi connectivity index (χ1) is 7.85. The van der Waals surface area contributed by atoms with Crippen LogP contribution in [0.3, 0.4) is 0 Å². The SMILES string of the molecule is CC(C)(C)CC(=O)N1C[C@H]2CC(N)CC[C@H]2C1. The highest BCUT2D eigenvalue weighted by atomic mass is 16.2. The Kier molecular flexibility index (Phi) is 3.48. The Morgan fingerprint density at radius 1 is 1.24 bits per heavy atom. The molecule has 1 aliphatic heterocycles. The molecule has 0 spiro atoms. The zero-order chi connectivity index (χ0) is 12.6. The molecule has 1 aliphatic carbocycles. The van der Waals surface area contributed by atoms with E-state index in [1.807, 2.05) is 0 Å². The van der Waals surface area contributed by atoms with E-state index in [2.05, 4.69) is 25.7 Å². The summed E-state index contributed by atoms with van der Waals surface area (Å²) in [5, 5.41) is 0. The van der Waals surface area contributed by atoms with Crippen molar-refractivity contribution in [2.75, 3.05) is 13.1 Å². The standard InChI is InChI=1S/C14H26N2O/c1-14(2,3)7-13(17)16-8-10-4-5-12(15)6-11(10)9-16/h10-12H,4-9,15H2,1-3H3/t10-,11+,12?/m0/s1. The van der Waals surface area contributed by atoms with Gasteiger partial charge in [-0.3, -0.25) is 4.79 Å². The summed E-state index contributed by atoms with van der Waals surface area (Å²) in [7, 11) is 0. The van der Waals surface area contributed by atoms with Crippen LogP contribution in [0.15, 0.2) is 0 Å². The molecule has 0 aromatic heterocycles. The van der Waals surface area contributed by atoms with Gasteiger partial charge in [0, 0.05) is 25.6 Å². The normalized spacial score (nSPS) is 33.6. The number of nitrogens with two attached hydrogens (primary N) is 1. The summed E-state index contributed by atoms with van der Waals surface area (Å²) in [6.07, 6.45) is 4.13. The maximum Gasteiger partial charge on any atom is 0.223 e. The van der Waals surface area contributed by atoms with Crippen LogP contribution in [0, 0.1) is 17.3 Å². The van der Waals surface area contributed by atoms with Gasteiger partial charge >= 0.3 is 0 Å². The van der Waals surface area contributed by atoms with Crippen LogP contribution in [-0.4, -0.2) is 29.9 Å². The molecule has 3 nitrogen and oxygen atoms in total. The van der Waals surface area contributed by atoms with E-state index in [1.165, 1.54) is 6.42 Å². The average Bonchev–Trinajstić information content (AvgIpc) is 2.57. The maximum absolute atomic E-state index is 12.2. The van der Waals surface area contributed by atoms with Crippen molar-refractivity contribution in [3.63, 3.8) is 0 Å². The second-order valence-electron chi connectivity index (χ2n) is 7.13. The number of hydrogen-bond acceptors (Lipinski definition) is 2. The van der Waals surface area contributed by atoms with Crippen molar-refractivity contribution >= 4 is 5.91 Å². The Morgan fingerprint density at radius 3 is 2.53 bits per heavy atom. The van der Waals surface area contributed by atoms with E-state index >= 15 is 0 Å². The first kappa shape index (κ1) is 12.9. The highest BCUT2D eigenvalue weighted by Crippen LogP contribution is 2.36. The third kappa shape index (κ3) is 3.21. The van der Waals surface area contributed by atoms with Crippen molar-refractivity contribution in [1.82, 2.24) is 4.90 Å². The molecular weight excluding hydrogens is 212 g/mol. The van der Waals surface area contributed by atoms with Gasteiger partial charge in [-0.2, -0.15) is 0 Å². The van der Waals surface area contributed by atoms with Crippen LogP contribution in [0.25, 0.3) is 0 Å². The van der Waals surface area contributed by atoms with Crippen molar-refractivity contribution < 1.29 is 4.79 Å². The lowest BCUT2D eigenvalue weighted by Gasteiger charge is -2.27. The van der Waals surface area contributed by atoms with Gasteiger partial charge in [-0.05, 0) is 36.5 Å². The fourth-order valence-electron chi connectivity index (χ4n) is 3.24. The van der Waals surface area contributed by atoms with Gasteiger partial charge in [0.25, 0.3) is 0 Å². The fourth-order valence-corrected chi connectivity index (χ4v) is 3.24. The van der Waals surface area contributed by atoms with Crippen LogP contribution < -0.4 is 5.73 Å². The number of fused-ring (bicyclic) bond motifs is 1. The summed E-state index contributed by atoms with van der Waals surface area (Å²) >= 11 is 0. The lowest BCUT2D eigenvalue weighted by atomic mass is 9.79. The van der Waals surface area contributed by atoms with E-state index in [4.69, 9.17) is 5.73 Å². The van der Waals surface area contributed by atoms with Gasteiger partial charge in [0.2, 0.25) is 5.91 Å². The molecule has 2 fully saturated rings. The van der Waals surface area contributed by atoms with Crippen molar-refractivity contribution in [2.45, 2.75) is 52.5 Å². The minimum Gasteiger partial charge on any atom is -0.342 e. The molecular formula is C14H26N2O. The predicted octanol–water partition coefficient (Wildman–Crippen LogP) is 2.01. The quantitative estimate of drug-likeness (QED) is 0.759. The minimum absolute atomic E-state index is 0.0985. The average molecular weight is 238 g/mol. The summed E-state index contributed by atoms with van der Waals surface area (Å²) in [6.45, 7) is 8.32. The van der Waals surface area contributed by atoms with Crippen LogP contribution in [-0.2, 0) is 4.79 Å². The fraction of sp³-hybridized carbons (Fsp3) is 0.929. The van der Waals surface area contributed by atoms with E-state index < -0.39 is 0 Å². The molecule has 98 valence electrons. The van der Waals surface area contributed by atoms with E-state index in [0.29, 0.717) is 24.3 Å². The van der Waals surface area contributed by atoms with Crippen molar-refractivity contribution in [3.05, 3.63) is 0 Å². The Labute approximate surface area is 105 Å². The summed E-state index contributed by atoms with van der Waals surface area (Å²) in [4.78, 5) is 14.3. The Morgan fingerprint density at radius 2 is 1.88 bits per heavy atom.